The Morgan fingerprint density at radius 2 is 1.94 bits per heavy atom. The quantitative estimate of drug-likeness (QED) is 0.666. The lowest BCUT2D eigenvalue weighted by molar-refractivity contribution is 0.671. The lowest BCUT2D eigenvalue weighted by Crippen LogP contribution is -1.98. The first-order valence-electron chi connectivity index (χ1n) is 6.58. The summed E-state index contributed by atoms with van der Waals surface area (Å²) >= 11 is 0. The van der Waals surface area contributed by atoms with Crippen LogP contribution < -0.4 is 5.73 Å². The third-order valence-electron chi connectivity index (χ3n) is 2.87. The van der Waals surface area contributed by atoms with Crippen LogP contribution in [-0.2, 0) is 19.3 Å². The SMILES string of the molecule is CCCc1[nH]c(CCCCCN)nc1CC. The molecule has 3 heteroatoms. The third-order valence-corrected chi connectivity index (χ3v) is 2.87. The molecule has 3 nitrogen and oxygen atoms in total. The van der Waals surface area contributed by atoms with Crippen LogP contribution in [0.1, 0.15) is 56.7 Å². The highest BCUT2D eigenvalue weighted by atomic mass is 14.9. The molecule has 0 aromatic carbocycles. The van der Waals surface area contributed by atoms with E-state index in [1.54, 1.807) is 0 Å². The molecule has 1 aromatic heterocycles. The van der Waals surface area contributed by atoms with Crippen molar-refractivity contribution in [2.24, 2.45) is 5.73 Å². The van der Waals surface area contributed by atoms with Crippen molar-refractivity contribution < 1.29 is 0 Å². The van der Waals surface area contributed by atoms with Gasteiger partial charge in [0, 0.05) is 12.1 Å². The Kier molecular flexibility index (Phi) is 6.16. The van der Waals surface area contributed by atoms with Crippen molar-refractivity contribution in [3.63, 3.8) is 0 Å². The van der Waals surface area contributed by atoms with E-state index in [2.05, 4.69) is 23.8 Å². The lowest BCUT2D eigenvalue weighted by Gasteiger charge is -1.97. The summed E-state index contributed by atoms with van der Waals surface area (Å²) in [5, 5.41) is 0. The maximum atomic E-state index is 5.47. The minimum atomic E-state index is 0.805. The molecule has 0 amide bonds. The average Bonchev–Trinajstić information content (AvgIpc) is 2.68. The highest BCUT2D eigenvalue weighted by Crippen LogP contribution is 2.11. The number of hydrogen-bond donors (Lipinski definition) is 2. The fourth-order valence-corrected chi connectivity index (χ4v) is 1.99. The molecule has 1 rings (SSSR count). The molecule has 0 radical (unpaired) electrons. The van der Waals surface area contributed by atoms with Crippen LogP contribution in [0.15, 0.2) is 0 Å². The minimum absolute atomic E-state index is 0.805. The lowest BCUT2D eigenvalue weighted by atomic mass is 10.2. The van der Waals surface area contributed by atoms with Gasteiger partial charge in [-0.3, -0.25) is 0 Å². The van der Waals surface area contributed by atoms with Gasteiger partial charge in [-0.05, 0) is 32.2 Å². The number of nitrogens with zero attached hydrogens (tertiary/aromatic N) is 1. The molecule has 92 valence electrons. The van der Waals surface area contributed by atoms with Gasteiger partial charge in [0.25, 0.3) is 0 Å². The summed E-state index contributed by atoms with van der Waals surface area (Å²) in [6, 6.07) is 0. The van der Waals surface area contributed by atoms with Crippen molar-refractivity contribution in [3.8, 4) is 0 Å². The summed E-state index contributed by atoms with van der Waals surface area (Å²) in [4.78, 5) is 8.13. The smallest absolute Gasteiger partial charge is 0.106 e. The number of hydrogen-bond acceptors (Lipinski definition) is 2. The number of H-pyrrole nitrogens is 1. The van der Waals surface area contributed by atoms with Gasteiger partial charge in [-0.1, -0.05) is 26.7 Å². The zero-order valence-corrected chi connectivity index (χ0v) is 10.7. The first-order chi connectivity index (χ1) is 7.81. The standard InChI is InChI=1S/C13H25N3/c1-3-8-12-11(4-2)15-13(16-12)9-6-5-7-10-14/h3-10,14H2,1-2H3,(H,15,16). The number of aromatic nitrogens is 2. The highest BCUT2D eigenvalue weighted by molar-refractivity contribution is 5.15. The molecule has 0 aliphatic heterocycles. The van der Waals surface area contributed by atoms with Crippen LogP contribution in [0.4, 0.5) is 0 Å². The van der Waals surface area contributed by atoms with E-state index < -0.39 is 0 Å². The molecule has 3 N–H and O–H groups in total. The van der Waals surface area contributed by atoms with E-state index >= 15 is 0 Å². The molecule has 0 saturated carbocycles. The summed E-state index contributed by atoms with van der Waals surface area (Å²) in [5.41, 5.74) is 8.08. The first kappa shape index (κ1) is 13.2. The van der Waals surface area contributed by atoms with Gasteiger partial charge in [-0.25, -0.2) is 4.98 Å². The predicted octanol–water partition coefficient (Wildman–Crippen LogP) is 2.60. The predicted molar refractivity (Wildman–Crippen MR) is 68.6 cm³/mol. The van der Waals surface area contributed by atoms with Crippen molar-refractivity contribution in [2.75, 3.05) is 6.54 Å². The van der Waals surface area contributed by atoms with Crippen LogP contribution in [0.5, 0.6) is 0 Å². The normalized spacial score (nSPS) is 10.9. The van der Waals surface area contributed by atoms with Gasteiger partial charge in [0.1, 0.15) is 5.82 Å². The third kappa shape index (κ3) is 3.97. The van der Waals surface area contributed by atoms with E-state index in [0.717, 1.165) is 38.1 Å². The Hall–Kier alpha value is -0.830. The van der Waals surface area contributed by atoms with E-state index in [0.29, 0.717) is 0 Å². The molecule has 1 heterocycles. The number of aryl methyl sites for hydroxylation is 3. The number of imidazole rings is 1. The van der Waals surface area contributed by atoms with Crippen molar-refractivity contribution >= 4 is 0 Å². The molecule has 0 aliphatic carbocycles. The van der Waals surface area contributed by atoms with Gasteiger partial charge in [0.15, 0.2) is 0 Å². The van der Waals surface area contributed by atoms with Crippen molar-refractivity contribution in [3.05, 3.63) is 17.2 Å². The summed E-state index contributed by atoms with van der Waals surface area (Å²) < 4.78 is 0. The Morgan fingerprint density at radius 3 is 2.56 bits per heavy atom. The van der Waals surface area contributed by atoms with Gasteiger partial charge in [-0.15, -0.1) is 0 Å². The Balaban J connectivity index is 2.46. The van der Waals surface area contributed by atoms with Crippen LogP contribution in [0, 0.1) is 0 Å². The molecule has 0 atom stereocenters. The van der Waals surface area contributed by atoms with Crippen molar-refractivity contribution in [1.82, 2.24) is 9.97 Å². The zero-order valence-electron chi connectivity index (χ0n) is 10.7. The first-order valence-corrected chi connectivity index (χ1v) is 6.58. The summed E-state index contributed by atoms with van der Waals surface area (Å²) in [7, 11) is 0. The molecule has 16 heavy (non-hydrogen) atoms. The second kappa shape index (κ2) is 7.44. The zero-order chi connectivity index (χ0) is 11.8. The second-order valence-electron chi connectivity index (χ2n) is 4.31. The molecule has 0 unspecified atom stereocenters. The van der Waals surface area contributed by atoms with Crippen LogP contribution in [-0.4, -0.2) is 16.5 Å². The van der Waals surface area contributed by atoms with Gasteiger partial charge in [-0.2, -0.15) is 0 Å². The van der Waals surface area contributed by atoms with E-state index in [4.69, 9.17) is 5.73 Å². The van der Waals surface area contributed by atoms with Crippen LogP contribution >= 0.6 is 0 Å². The van der Waals surface area contributed by atoms with Gasteiger partial charge < -0.3 is 10.7 Å². The van der Waals surface area contributed by atoms with Crippen molar-refractivity contribution in [1.29, 1.82) is 0 Å². The Bertz CT molecular complexity index is 291. The van der Waals surface area contributed by atoms with Crippen LogP contribution in [0.25, 0.3) is 0 Å². The Labute approximate surface area is 98.8 Å². The van der Waals surface area contributed by atoms with E-state index in [1.165, 1.54) is 30.7 Å². The fourth-order valence-electron chi connectivity index (χ4n) is 1.99. The molecule has 0 fully saturated rings. The molecule has 1 aromatic rings. The number of rotatable bonds is 8. The highest BCUT2D eigenvalue weighted by Gasteiger charge is 2.07. The van der Waals surface area contributed by atoms with E-state index in [-0.39, 0.29) is 0 Å². The molecule has 0 aliphatic rings. The number of nitrogens with one attached hydrogen (secondary N) is 1. The maximum Gasteiger partial charge on any atom is 0.106 e. The summed E-state index contributed by atoms with van der Waals surface area (Å²) in [5.74, 6) is 1.16. The largest absolute Gasteiger partial charge is 0.346 e. The fraction of sp³-hybridized carbons (Fsp3) is 0.769. The van der Waals surface area contributed by atoms with Gasteiger partial charge in [0.05, 0.1) is 5.69 Å². The number of aromatic amines is 1. The molecular weight excluding hydrogens is 198 g/mol. The topological polar surface area (TPSA) is 54.7 Å². The Morgan fingerprint density at radius 1 is 1.12 bits per heavy atom. The molecule has 0 saturated heterocycles. The maximum absolute atomic E-state index is 5.47. The summed E-state index contributed by atoms with van der Waals surface area (Å²) in [6.07, 6.45) is 7.94. The minimum Gasteiger partial charge on any atom is -0.346 e. The van der Waals surface area contributed by atoms with Gasteiger partial charge in [0.2, 0.25) is 0 Å². The molecule has 0 bridgehead atoms. The summed E-state index contributed by atoms with van der Waals surface area (Å²) in [6.45, 7) is 5.19. The number of nitrogens with two attached hydrogens (primary N) is 1. The monoisotopic (exact) mass is 223 g/mol. The van der Waals surface area contributed by atoms with Crippen LogP contribution in [0.3, 0.4) is 0 Å². The van der Waals surface area contributed by atoms with E-state index in [9.17, 15) is 0 Å². The second-order valence-corrected chi connectivity index (χ2v) is 4.31. The molecule has 0 spiro atoms. The van der Waals surface area contributed by atoms with Crippen molar-refractivity contribution in [2.45, 2.75) is 58.8 Å². The number of unbranched alkanes of at least 4 members (excludes halogenated alkanes) is 2. The average molecular weight is 223 g/mol. The van der Waals surface area contributed by atoms with Gasteiger partial charge >= 0.3 is 0 Å². The van der Waals surface area contributed by atoms with Crippen LogP contribution in [0.2, 0.25) is 0 Å². The molecular formula is C13H25N3. The van der Waals surface area contributed by atoms with E-state index in [1.807, 2.05) is 0 Å².